The minimum Gasteiger partial charge on any atom is -0.480 e. The van der Waals surface area contributed by atoms with Crippen LogP contribution in [-0.2, 0) is 4.84 Å². The van der Waals surface area contributed by atoms with Crippen molar-refractivity contribution < 1.29 is 14.0 Å². The highest BCUT2D eigenvalue weighted by Gasteiger charge is 2.17. The van der Waals surface area contributed by atoms with Crippen molar-refractivity contribution in [2.75, 3.05) is 13.7 Å². The maximum atomic E-state index is 12.8. The van der Waals surface area contributed by atoms with E-state index in [0.29, 0.717) is 22.4 Å². The molecule has 0 fully saturated rings. The second-order valence-electron chi connectivity index (χ2n) is 5.25. The van der Waals surface area contributed by atoms with Gasteiger partial charge in [0, 0.05) is 5.56 Å². The van der Waals surface area contributed by atoms with Gasteiger partial charge in [-0.05, 0) is 19.1 Å². The highest BCUT2D eigenvalue weighted by molar-refractivity contribution is 5.84. The number of hydrogen-bond acceptors (Lipinski definition) is 5. The smallest absolute Gasteiger partial charge is 0.235 e. The number of ether oxygens (including phenoxy) is 1. The van der Waals surface area contributed by atoms with E-state index in [-0.39, 0.29) is 17.8 Å². The maximum absolute atomic E-state index is 12.8. The third-order valence-electron chi connectivity index (χ3n) is 3.46. The molecule has 0 amide bonds. The van der Waals surface area contributed by atoms with Crippen LogP contribution in [0, 0.1) is 0 Å². The van der Waals surface area contributed by atoms with Crippen LogP contribution in [0.1, 0.15) is 6.92 Å². The van der Waals surface area contributed by atoms with E-state index in [1.165, 1.54) is 7.11 Å². The summed E-state index contributed by atoms with van der Waals surface area (Å²) < 4.78 is 11.7. The van der Waals surface area contributed by atoms with Crippen LogP contribution in [0.25, 0.3) is 22.3 Å². The number of fused-ring (bicyclic) bond motifs is 1. The van der Waals surface area contributed by atoms with E-state index >= 15 is 0 Å². The van der Waals surface area contributed by atoms with Crippen LogP contribution >= 0.6 is 0 Å². The number of nitrogens with zero attached hydrogens (tertiary/aromatic N) is 1. The minimum atomic E-state index is -0.207. The Kier molecular flexibility index (Phi) is 4.61. The molecule has 0 aliphatic rings. The van der Waals surface area contributed by atoms with Crippen molar-refractivity contribution in [3.8, 4) is 17.1 Å². The SMILES string of the molecule is CO/N=C(\C)COc1c(-c2ccccc2)oc2ccccc2c1=O. The molecular formula is C19H17NO4. The molecule has 2 aromatic carbocycles. The molecule has 0 spiro atoms. The summed E-state index contributed by atoms with van der Waals surface area (Å²) in [7, 11) is 1.46. The molecule has 3 aromatic rings. The zero-order chi connectivity index (χ0) is 16.9. The number of benzene rings is 2. The lowest BCUT2D eigenvalue weighted by Crippen LogP contribution is -2.15. The summed E-state index contributed by atoms with van der Waals surface area (Å²) in [5.74, 6) is 0.579. The Bertz CT molecular complexity index is 929. The molecule has 0 aliphatic heterocycles. The summed E-state index contributed by atoms with van der Waals surface area (Å²) in [4.78, 5) is 17.6. The van der Waals surface area contributed by atoms with Crippen molar-refractivity contribution >= 4 is 16.7 Å². The van der Waals surface area contributed by atoms with Crippen LogP contribution in [0.4, 0.5) is 0 Å². The summed E-state index contributed by atoms with van der Waals surface area (Å²) >= 11 is 0. The lowest BCUT2D eigenvalue weighted by Gasteiger charge is -2.11. The molecule has 0 atom stereocenters. The maximum Gasteiger partial charge on any atom is 0.235 e. The third-order valence-corrected chi connectivity index (χ3v) is 3.46. The number of hydrogen-bond donors (Lipinski definition) is 0. The van der Waals surface area contributed by atoms with Crippen LogP contribution in [0.5, 0.6) is 5.75 Å². The first kappa shape index (κ1) is 15.8. The quantitative estimate of drug-likeness (QED) is 0.528. The van der Waals surface area contributed by atoms with Gasteiger partial charge in [0.05, 0.1) is 11.1 Å². The summed E-state index contributed by atoms with van der Waals surface area (Å²) in [5.41, 5.74) is 1.71. The van der Waals surface area contributed by atoms with E-state index in [1.807, 2.05) is 36.4 Å². The first-order valence-electron chi connectivity index (χ1n) is 7.51. The fourth-order valence-electron chi connectivity index (χ4n) is 2.39. The van der Waals surface area contributed by atoms with Crippen molar-refractivity contribution in [2.24, 2.45) is 5.16 Å². The first-order chi connectivity index (χ1) is 11.7. The van der Waals surface area contributed by atoms with Crippen LogP contribution in [0.2, 0.25) is 0 Å². The van der Waals surface area contributed by atoms with Crippen molar-refractivity contribution in [3.63, 3.8) is 0 Å². The molecule has 0 unspecified atom stereocenters. The number of oxime groups is 1. The molecule has 0 aliphatic carbocycles. The van der Waals surface area contributed by atoms with Gasteiger partial charge in [-0.2, -0.15) is 0 Å². The Morgan fingerprint density at radius 2 is 1.79 bits per heavy atom. The van der Waals surface area contributed by atoms with Crippen molar-refractivity contribution in [3.05, 3.63) is 64.8 Å². The molecule has 3 rings (SSSR count). The molecule has 0 N–H and O–H groups in total. The summed E-state index contributed by atoms with van der Waals surface area (Å²) in [6, 6.07) is 16.5. The van der Waals surface area contributed by atoms with Gasteiger partial charge in [0.25, 0.3) is 0 Å². The third kappa shape index (κ3) is 3.15. The van der Waals surface area contributed by atoms with Crippen molar-refractivity contribution in [2.45, 2.75) is 6.92 Å². The Labute approximate surface area is 139 Å². The first-order valence-corrected chi connectivity index (χ1v) is 7.51. The normalized spacial score (nSPS) is 11.5. The summed E-state index contributed by atoms with van der Waals surface area (Å²) in [5, 5.41) is 4.27. The Balaban J connectivity index is 2.15. The van der Waals surface area contributed by atoms with Gasteiger partial charge in [-0.3, -0.25) is 4.79 Å². The second kappa shape index (κ2) is 7.00. The molecule has 122 valence electrons. The minimum absolute atomic E-state index is 0.136. The monoisotopic (exact) mass is 323 g/mol. The molecule has 0 saturated heterocycles. The molecule has 5 heteroatoms. The Morgan fingerprint density at radius 1 is 1.08 bits per heavy atom. The molecule has 0 saturated carbocycles. The van der Waals surface area contributed by atoms with Crippen LogP contribution < -0.4 is 10.2 Å². The average Bonchev–Trinajstić information content (AvgIpc) is 2.62. The lowest BCUT2D eigenvalue weighted by molar-refractivity contribution is 0.209. The van der Waals surface area contributed by atoms with Gasteiger partial charge in [0.2, 0.25) is 11.2 Å². The molecule has 0 radical (unpaired) electrons. The van der Waals surface area contributed by atoms with Gasteiger partial charge < -0.3 is 14.0 Å². The van der Waals surface area contributed by atoms with Gasteiger partial charge in [-0.1, -0.05) is 47.6 Å². The Hall–Kier alpha value is -3.08. The lowest BCUT2D eigenvalue weighted by atomic mass is 10.1. The van der Waals surface area contributed by atoms with E-state index in [0.717, 1.165) is 5.56 Å². The topological polar surface area (TPSA) is 61.0 Å². The van der Waals surface area contributed by atoms with Crippen LogP contribution in [0.3, 0.4) is 0 Å². The summed E-state index contributed by atoms with van der Waals surface area (Å²) in [6.45, 7) is 1.89. The molecular weight excluding hydrogens is 306 g/mol. The van der Waals surface area contributed by atoms with E-state index in [9.17, 15) is 4.79 Å². The number of para-hydroxylation sites is 1. The fourth-order valence-corrected chi connectivity index (χ4v) is 2.39. The van der Waals surface area contributed by atoms with Gasteiger partial charge >= 0.3 is 0 Å². The zero-order valence-electron chi connectivity index (χ0n) is 13.5. The average molecular weight is 323 g/mol. The van der Waals surface area contributed by atoms with Crippen LogP contribution in [-0.4, -0.2) is 19.4 Å². The van der Waals surface area contributed by atoms with Gasteiger partial charge in [-0.25, -0.2) is 0 Å². The van der Waals surface area contributed by atoms with Gasteiger partial charge in [0.15, 0.2) is 5.76 Å². The van der Waals surface area contributed by atoms with E-state index < -0.39 is 0 Å². The van der Waals surface area contributed by atoms with E-state index in [2.05, 4.69) is 5.16 Å². The largest absolute Gasteiger partial charge is 0.480 e. The van der Waals surface area contributed by atoms with E-state index in [1.54, 1.807) is 25.1 Å². The second-order valence-corrected chi connectivity index (χ2v) is 5.25. The van der Waals surface area contributed by atoms with Crippen LogP contribution in [0.15, 0.2) is 69.0 Å². The van der Waals surface area contributed by atoms with Crippen molar-refractivity contribution in [1.29, 1.82) is 0 Å². The van der Waals surface area contributed by atoms with E-state index in [4.69, 9.17) is 14.0 Å². The van der Waals surface area contributed by atoms with Crippen molar-refractivity contribution in [1.82, 2.24) is 0 Å². The number of rotatable bonds is 5. The molecule has 0 bridgehead atoms. The van der Waals surface area contributed by atoms with Gasteiger partial charge in [-0.15, -0.1) is 0 Å². The molecule has 24 heavy (non-hydrogen) atoms. The predicted molar refractivity (Wildman–Crippen MR) is 93.5 cm³/mol. The highest BCUT2D eigenvalue weighted by atomic mass is 16.6. The zero-order valence-corrected chi connectivity index (χ0v) is 13.5. The fraction of sp³-hybridized carbons (Fsp3) is 0.158. The summed E-state index contributed by atoms with van der Waals surface area (Å²) in [6.07, 6.45) is 0. The molecule has 1 heterocycles. The Morgan fingerprint density at radius 3 is 2.54 bits per heavy atom. The predicted octanol–water partition coefficient (Wildman–Crippen LogP) is 3.86. The van der Waals surface area contributed by atoms with Gasteiger partial charge in [0.1, 0.15) is 19.3 Å². The molecule has 1 aromatic heterocycles. The standard InChI is InChI=1S/C19H17NO4/c1-13(20-22-2)12-23-19-17(21)15-10-6-7-11-16(15)24-18(19)14-8-4-3-5-9-14/h3-11H,12H2,1-2H3/b20-13+. The highest BCUT2D eigenvalue weighted by Crippen LogP contribution is 2.30. The molecule has 5 nitrogen and oxygen atoms in total.